The lowest BCUT2D eigenvalue weighted by Gasteiger charge is -2.41. The molecule has 3 rings (SSSR count). The van der Waals surface area contributed by atoms with Crippen LogP contribution in [0.5, 0.6) is 0 Å². The number of hydrogen-bond donors (Lipinski definition) is 0. The SMILES string of the molecule is CC(=O)N1CCN2CCCc3cccc1c32. The van der Waals surface area contributed by atoms with Crippen molar-refractivity contribution in [2.75, 3.05) is 29.4 Å². The Balaban J connectivity index is 2.15. The van der Waals surface area contributed by atoms with Crippen LogP contribution in [0.1, 0.15) is 18.9 Å². The molecule has 1 aromatic carbocycles. The highest BCUT2D eigenvalue weighted by Crippen LogP contribution is 2.39. The van der Waals surface area contributed by atoms with Crippen LogP contribution in [0, 0.1) is 0 Å². The molecule has 16 heavy (non-hydrogen) atoms. The summed E-state index contributed by atoms with van der Waals surface area (Å²) < 4.78 is 0. The van der Waals surface area contributed by atoms with Crippen LogP contribution >= 0.6 is 0 Å². The molecule has 0 fully saturated rings. The van der Waals surface area contributed by atoms with E-state index in [-0.39, 0.29) is 5.91 Å². The van der Waals surface area contributed by atoms with Gasteiger partial charge in [-0.3, -0.25) is 4.79 Å². The van der Waals surface area contributed by atoms with Gasteiger partial charge in [0.05, 0.1) is 11.4 Å². The molecule has 2 aliphatic heterocycles. The number of amides is 1. The topological polar surface area (TPSA) is 23.6 Å². The Morgan fingerprint density at radius 3 is 2.94 bits per heavy atom. The van der Waals surface area contributed by atoms with Crippen molar-refractivity contribution in [3.63, 3.8) is 0 Å². The molecule has 0 saturated heterocycles. The predicted octanol–water partition coefficient (Wildman–Crippen LogP) is 1.81. The van der Waals surface area contributed by atoms with Gasteiger partial charge in [0.25, 0.3) is 0 Å². The Labute approximate surface area is 95.7 Å². The summed E-state index contributed by atoms with van der Waals surface area (Å²) in [4.78, 5) is 15.9. The maximum absolute atomic E-state index is 11.6. The summed E-state index contributed by atoms with van der Waals surface area (Å²) in [5, 5.41) is 0. The molecule has 1 amide bonds. The number of aryl methyl sites for hydroxylation is 1. The number of benzene rings is 1. The monoisotopic (exact) mass is 216 g/mol. The van der Waals surface area contributed by atoms with E-state index in [2.05, 4.69) is 23.1 Å². The molecule has 0 aliphatic carbocycles. The molecule has 3 nitrogen and oxygen atoms in total. The number of carbonyl (C=O) groups is 1. The van der Waals surface area contributed by atoms with Gasteiger partial charge in [0.15, 0.2) is 0 Å². The van der Waals surface area contributed by atoms with Gasteiger partial charge < -0.3 is 9.80 Å². The first-order chi connectivity index (χ1) is 7.77. The minimum absolute atomic E-state index is 0.152. The van der Waals surface area contributed by atoms with Gasteiger partial charge in [0.2, 0.25) is 5.91 Å². The summed E-state index contributed by atoms with van der Waals surface area (Å²) in [6.07, 6.45) is 2.38. The highest BCUT2D eigenvalue weighted by atomic mass is 16.2. The summed E-state index contributed by atoms with van der Waals surface area (Å²) >= 11 is 0. The Morgan fingerprint density at radius 2 is 2.12 bits per heavy atom. The molecule has 2 heterocycles. The quantitative estimate of drug-likeness (QED) is 0.660. The molecule has 0 spiro atoms. The first kappa shape index (κ1) is 9.70. The van der Waals surface area contributed by atoms with Crippen LogP contribution in [0.4, 0.5) is 11.4 Å². The fraction of sp³-hybridized carbons (Fsp3) is 0.462. The lowest BCUT2D eigenvalue weighted by molar-refractivity contribution is -0.116. The van der Waals surface area contributed by atoms with Crippen molar-refractivity contribution in [2.45, 2.75) is 19.8 Å². The van der Waals surface area contributed by atoms with Gasteiger partial charge in [0, 0.05) is 26.6 Å². The van der Waals surface area contributed by atoms with Crippen LogP contribution in [0.2, 0.25) is 0 Å². The number of hydrogen-bond acceptors (Lipinski definition) is 2. The van der Waals surface area contributed by atoms with Crippen molar-refractivity contribution in [3.8, 4) is 0 Å². The van der Waals surface area contributed by atoms with Gasteiger partial charge in [-0.1, -0.05) is 12.1 Å². The molecule has 0 aromatic heterocycles. The second kappa shape index (κ2) is 3.51. The third-order valence-electron chi connectivity index (χ3n) is 3.55. The van der Waals surface area contributed by atoms with Gasteiger partial charge in [-0.25, -0.2) is 0 Å². The fourth-order valence-corrected chi connectivity index (χ4v) is 2.83. The van der Waals surface area contributed by atoms with Crippen molar-refractivity contribution in [1.82, 2.24) is 0 Å². The summed E-state index contributed by atoms with van der Waals surface area (Å²) in [6.45, 7) is 4.59. The first-order valence-electron chi connectivity index (χ1n) is 5.92. The largest absolute Gasteiger partial charge is 0.368 e. The van der Waals surface area contributed by atoms with E-state index in [1.807, 2.05) is 4.90 Å². The van der Waals surface area contributed by atoms with Crippen LogP contribution < -0.4 is 9.80 Å². The zero-order chi connectivity index (χ0) is 11.1. The maximum atomic E-state index is 11.6. The van der Waals surface area contributed by atoms with E-state index in [4.69, 9.17) is 0 Å². The second-order valence-electron chi connectivity index (χ2n) is 4.55. The minimum Gasteiger partial charge on any atom is -0.368 e. The highest BCUT2D eigenvalue weighted by molar-refractivity contribution is 5.97. The number of rotatable bonds is 0. The van der Waals surface area contributed by atoms with E-state index in [0.29, 0.717) is 0 Å². The lowest BCUT2D eigenvalue weighted by Crippen LogP contribution is -2.45. The average Bonchev–Trinajstić information content (AvgIpc) is 2.30. The van der Waals surface area contributed by atoms with Crippen molar-refractivity contribution in [1.29, 1.82) is 0 Å². The number of para-hydroxylation sites is 1. The zero-order valence-electron chi connectivity index (χ0n) is 9.57. The normalized spacial score (nSPS) is 18.3. The van der Waals surface area contributed by atoms with Crippen LogP contribution in [-0.4, -0.2) is 25.5 Å². The Bertz CT molecular complexity index is 442. The molecule has 0 unspecified atom stereocenters. The summed E-state index contributed by atoms with van der Waals surface area (Å²) in [7, 11) is 0. The van der Waals surface area contributed by atoms with Crippen molar-refractivity contribution in [2.24, 2.45) is 0 Å². The van der Waals surface area contributed by atoms with Crippen molar-refractivity contribution in [3.05, 3.63) is 23.8 Å². The smallest absolute Gasteiger partial charge is 0.223 e. The average molecular weight is 216 g/mol. The van der Waals surface area contributed by atoms with Crippen LogP contribution in [-0.2, 0) is 11.2 Å². The van der Waals surface area contributed by atoms with E-state index in [1.54, 1.807) is 6.92 Å². The molecule has 84 valence electrons. The van der Waals surface area contributed by atoms with E-state index < -0.39 is 0 Å². The molecular weight excluding hydrogens is 200 g/mol. The van der Waals surface area contributed by atoms with Gasteiger partial charge in [-0.05, 0) is 24.5 Å². The molecule has 0 saturated carbocycles. The molecule has 0 bridgehead atoms. The van der Waals surface area contributed by atoms with Crippen LogP contribution in [0.15, 0.2) is 18.2 Å². The second-order valence-corrected chi connectivity index (χ2v) is 4.55. The predicted molar refractivity (Wildman–Crippen MR) is 65.0 cm³/mol. The third-order valence-corrected chi connectivity index (χ3v) is 3.55. The maximum Gasteiger partial charge on any atom is 0.223 e. The summed E-state index contributed by atoms with van der Waals surface area (Å²) in [5.74, 6) is 0.152. The van der Waals surface area contributed by atoms with Gasteiger partial charge >= 0.3 is 0 Å². The minimum atomic E-state index is 0.152. The van der Waals surface area contributed by atoms with E-state index in [0.717, 1.165) is 31.7 Å². The molecular formula is C13H16N2O. The van der Waals surface area contributed by atoms with E-state index in [9.17, 15) is 4.79 Å². The van der Waals surface area contributed by atoms with Gasteiger partial charge in [-0.2, -0.15) is 0 Å². The Hall–Kier alpha value is -1.51. The number of nitrogens with zero attached hydrogens (tertiary/aromatic N) is 2. The molecule has 1 aromatic rings. The molecule has 0 N–H and O–H groups in total. The van der Waals surface area contributed by atoms with Crippen LogP contribution in [0.25, 0.3) is 0 Å². The van der Waals surface area contributed by atoms with Crippen LogP contribution in [0.3, 0.4) is 0 Å². The highest BCUT2D eigenvalue weighted by Gasteiger charge is 2.28. The molecule has 0 radical (unpaired) electrons. The molecule has 2 aliphatic rings. The summed E-state index contributed by atoms with van der Waals surface area (Å²) in [6, 6.07) is 6.32. The third kappa shape index (κ3) is 1.31. The lowest BCUT2D eigenvalue weighted by atomic mass is 9.98. The molecule has 0 atom stereocenters. The Kier molecular flexibility index (Phi) is 2.13. The van der Waals surface area contributed by atoms with Gasteiger partial charge in [-0.15, -0.1) is 0 Å². The molecule has 3 heteroatoms. The fourth-order valence-electron chi connectivity index (χ4n) is 2.83. The number of carbonyl (C=O) groups excluding carboxylic acids is 1. The van der Waals surface area contributed by atoms with Crippen molar-refractivity contribution < 1.29 is 4.79 Å². The Morgan fingerprint density at radius 1 is 1.25 bits per heavy atom. The zero-order valence-corrected chi connectivity index (χ0v) is 9.57. The van der Waals surface area contributed by atoms with Crippen molar-refractivity contribution >= 4 is 17.3 Å². The first-order valence-corrected chi connectivity index (χ1v) is 5.92. The standard InChI is InChI=1S/C13H16N2O/c1-10(16)15-9-8-14-7-3-5-11-4-2-6-12(15)13(11)14/h2,4,6H,3,5,7-9H2,1H3. The van der Waals surface area contributed by atoms with Gasteiger partial charge in [0.1, 0.15) is 0 Å². The van der Waals surface area contributed by atoms with E-state index >= 15 is 0 Å². The summed E-state index contributed by atoms with van der Waals surface area (Å²) in [5.41, 5.74) is 3.81. The van der Waals surface area contributed by atoms with E-state index in [1.165, 1.54) is 17.7 Å². The number of anilines is 2.